The lowest BCUT2D eigenvalue weighted by atomic mass is 10.2. The molecule has 1 aliphatic rings. The van der Waals surface area contributed by atoms with Crippen LogP contribution in [-0.4, -0.2) is 26.7 Å². The number of nitrogens with one attached hydrogen (secondary N) is 1. The number of nitrogens with zero attached hydrogens (tertiary/aromatic N) is 2. The average molecular weight is 276 g/mol. The first-order valence-corrected chi connectivity index (χ1v) is 7.55. The number of nitriles is 1. The van der Waals surface area contributed by atoms with Crippen molar-refractivity contribution in [1.29, 1.82) is 5.26 Å². The largest absolute Gasteiger partial charge is 0.359 e. The Morgan fingerprint density at radius 3 is 2.81 bits per heavy atom. The summed E-state index contributed by atoms with van der Waals surface area (Å²) in [5, 5.41) is 12.9. The third-order valence-corrected chi connectivity index (χ3v) is 5.06. The van der Waals surface area contributed by atoms with Crippen LogP contribution in [-0.2, 0) is 10.8 Å². The lowest BCUT2D eigenvalue weighted by molar-refractivity contribution is 0.624. The summed E-state index contributed by atoms with van der Waals surface area (Å²) in [6, 6.07) is 2.29. The van der Waals surface area contributed by atoms with E-state index in [9.17, 15) is 4.21 Å². The van der Waals surface area contributed by atoms with Crippen molar-refractivity contribution in [3.05, 3.63) is 10.0 Å². The van der Waals surface area contributed by atoms with Gasteiger partial charge in [0.05, 0.1) is 0 Å². The van der Waals surface area contributed by atoms with E-state index in [1.165, 1.54) is 11.3 Å². The fourth-order valence-electron chi connectivity index (χ4n) is 1.54. The van der Waals surface area contributed by atoms with Crippen LogP contribution in [0, 0.1) is 11.3 Å². The van der Waals surface area contributed by atoms with E-state index >= 15 is 0 Å². The molecule has 0 aromatic carbocycles. The Balaban J connectivity index is 1.99. The van der Waals surface area contributed by atoms with Crippen LogP contribution < -0.4 is 5.32 Å². The molecule has 0 amide bonds. The van der Waals surface area contributed by atoms with Gasteiger partial charge in [-0.15, -0.1) is 0 Å². The highest BCUT2D eigenvalue weighted by Crippen LogP contribution is 2.27. The molecular weight excluding hydrogens is 266 g/mol. The summed E-state index contributed by atoms with van der Waals surface area (Å²) >= 11 is 7.04. The van der Waals surface area contributed by atoms with Crippen molar-refractivity contribution >= 4 is 38.9 Å². The van der Waals surface area contributed by atoms with Gasteiger partial charge in [0.15, 0.2) is 10.3 Å². The zero-order valence-electron chi connectivity index (χ0n) is 8.40. The second-order valence-corrected chi connectivity index (χ2v) is 6.57. The summed E-state index contributed by atoms with van der Waals surface area (Å²) in [6.45, 7) is 0. The van der Waals surface area contributed by atoms with Crippen molar-refractivity contribution in [2.24, 2.45) is 0 Å². The highest BCUT2D eigenvalue weighted by Gasteiger charge is 2.19. The monoisotopic (exact) mass is 275 g/mol. The number of hydrogen-bond donors (Lipinski definition) is 1. The van der Waals surface area contributed by atoms with Gasteiger partial charge in [-0.25, -0.2) is 4.98 Å². The first-order valence-electron chi connectivity index (χ1n) is 4.87. The van der Waals surface area contributed by atoms with Crippen molar-refractivity contribution < 1.29 is 4.21 Å². The molecule has 0 spiro atoms. The van der Waals surface area contributed by atoms with Crippen molar-refractivity contribution in [2.45, 2.75) is 18.9 Å². The zero-order valence-corrected chi connectivity index (χ0v) is 10.8. The second-order valence-electron chi connectivity index (χ2n) is 3.52. The third-order valence-electron chi connectivity index (χ3n) is 2.40. The minimum Gasteiger partial charge on any atom is -0.359 e. The smallest absolute Gasteiger partial charge is 0.185 e. The lowest BCUT2D eigenvalue weighted by Gasteiger charge is -2.21. The van der Waals surface area contributed by atoms with Gasteiger partial charge in [0.1, 0.15) is 10.9 Å². The summed E-state index contributed by atoms with van der Waals surface area (Å²) in [5.41, 5.74) is 0. The summed E-state index contributed by atoms with van der Waals surface area (Å²) in [4.78, 5) is 4.50. The first kappa shape index (κ1) is 11.8. The molecule has 1 saturated heterocycles. The van der Waals surface area contributed by atoms with Gasteiger partial charge in [0, 0.05) is 28.3 Å². The molecule has 2 rings (SSSR count). The van der Waals surface area contributed by atoms with Crippen LogP contribution in [0.25, 0.3) is 0 Å². The molecule has 0 aliphatic carbocycles. The summed E-state index contributed by atoms with van der Waals surface area (Å²) < 4.78 is 11.2. The predicted octanol–water partition coefficient (Wildman–Crippen LogP) is 1.99. The van der Waals surface area contributed by atoms with Crippen LogP contribution in [0.2, 0.25) is 5.15 Å². The summed E-state index contributed by atoms with van der Waals surface area (Å²) in [7, 11) is -0.655. The Bertz CT molecular complexity index is 444. The molecule has 1 aliphatic heterocycles. The molecule has 7 heteroatoms. The molecule has 4 nitrogen and oxygen atoms in total. The number of hydrogen-bond acceptors (Lipinski definition) is 5. The maximum atomic E-state index is 11.2. The van der Waals surface area contributed by atoms with Crippen LogP contribution >= 0.6 is 22.9 Å². The van der Waals surface area contributed by atoms with Crippen molar-refractivity contribution in [1.82, 2.24) is 4.98 Å². The summed E-state index contributed by atoms with van der Waals surface area (Å²) in [6.07, 6.45) is 1.76. The van der Waals surface area contributed by atoms with E-state index in [4.69, 9.17) is 16.9 Å². The van der Waals surface area contributed by atoms with Gasteiger partial charge in [-0.2, -0.15) is 5.26 Å². The van der Waals surface area contributed by atoms with Crippen LogP contribution in [0.15, 0.2) is 0 Å². The maximum absolute atomic E-state index is 11.2. The number of aromatic nitrogens is 1. The third kappa shape index (κ3) is 2.73. The molecule has 0 atom stereocenters. The van der Waals surface area contributed by atoms with Crippen LogP contribution in [0.3, 0.4) is 0 Å². The number of halogens is 1. The van der Waals surface area contributed by atoms with Crippen LogP contribution in [0.5, 0.6) is 0 Å². The standard InChI is InChI=1S/C9H10ClN3OS2/c10-8-7(5-11)15-9(13-8)12-6-1-3-16(14)4-2-6/h6H,1-4H2,(H,12,13). The second kappa shape index (κ2) is 5.13. The molecule has 2 heterocycles. The van der Waals surface area contributed by atoms with E-state index in [1.807, 2.05) is 6.07 Å². The topological polar surface area (TPSA) is 65.8 Å². The van der Waals surface area contributed by atoms with Gasteiger partial charge >= 0.3 is 0 Å². The Morgan fingerprint density at radius 2 is 2.25 bits per heavy atom. The molecular formula is C9H10ClN3OS2. The van der Waals surface area contributed by atoms with Gasteiger partial charge in [-0.05, 0) is 12.8 Å². The summed E-state index contributed by atoms with van der Waals surface area (Å²) in [5.74, 6) is 1.48. The van der Waals surface area contributed by atoms with E-state index < -0.39 is 10.8 Å². The Labute approximate surface area is 105 Å². The molecule has 1 aromatic heterocycles. The minimum atomic E-state index is -0.655. The highest BCUT2D eigenvalue weighted by atomic mass is 35.5. The average Bonchev–Trinajstić information content (AvgIpc) is 2.62. The molecule has 0 unspecified atom stereocenters. The molecule has 1 N–H and O–H groups in total. The van der Waals surface area contributed by atoms with Crippen LogP contribution in [0.4, 0.5) is 5.13 Å². The molecule has 1 fully saturated rings. The van der Waals surface area contributed by atoms with E-state index in [0.29, 0.717) is 16.1 Å². The fourth-order valence-corrected chi connectivity index (χ4v) is 3.87. The van der Waals surface area contributed by atoms with E-state index in [1.54, 1.807) is 0 Å². The minimum absolute atomic E-state index is 0.259. The molecule has 1 aromatic rings. The Morgan fingerprint density at radius 1 is 1.56 bits per heavy atom. The van der Waals surface area contributed by atoms with Crippen molar-refractivity contribution in [2.75, 3.05) is 16.8 Å². The quantitative estimate of drug-likeness (QED) is 0.896. The molecule has 0 bridgehead atoms. The van der Waals surface area contributed by atoms with Gasteiger partial charge in [-0.3, -0.25) is 4.21 Å². The number of anilines is 1. The molecule has 0 saturated carbocycles. The van der Waals surface area contributed by atoms with Gasteiger partial charge in [-0.1, -0.05) is 22.9 Å². The van der Waals surface area contributed by atoms with Crippen LogP contribution in [0.1, 0.15) is 17.7 Å². The van der Waals surface area contributed by atoms with Gasteiger partial charge in [0.2, 0.25) is 0 Å². The SMILES string of the molecule is N#Cc1sc(NC2CCS(=O)CC2)nc1Cl. The Hall–Kier alpha value is -0.640. The van der Waals surface area contributed by atoms with Gasteiger partial charge < -0.3 is 5.32 Å². The zero-order chi connectivity index (χ0) is 11.5. The van der Waals surface area contributed by atoms with E-state index in [2.05, 4.69) is 10.3 Å². The van der Waals surface area contributed by atoms with Gasteiger partial charge in [0.25, 0.3) is 0 Å². The molecule has 16 heavy (non-hydrogen) atoms. The van der Waals surface area contributed by atoms with E-state index in [-0.39, 0.29) is 5.15 Å². The van der Waals surface area contributed by atoms with Crippen molar-refractivity contribution in [3.8, 4) is 6.07 Å². The first-order chi connectivity index (χ1) is 7.69. The van der Waals surface area contributed by atoms with E-state index in [0.717, 1.165) is 24.3 Å². The maximum Gasteiger partial charge on any atom is 0.185 e. The van der Waals surface area contributed by atoms with Crippen molar-refractivity contribution in [3.63, 3.8) is 0 Å². The lowest BCUT2D eigenvalue weighted by Crippen LogP contribution is -2.29. The number of thiazole rings is 1. The normalized spacial score (nSPS) is 25.0. The fraction of sp³-hybridized carbons (Fsp3) is 0.556. The molecule has 86 valence electrons. The Kier molecular flexibility index (Phi) is 3.79. The number of rotatable bonds is 2. The molecule has 0 radical (unpaired) electrons. The highest BCUT2D eigenvalue weighted by molar-refractivity contribution is 7.85. The predicted molar refractivity (Wildman–Crippen MR) is 66.4 cm³/mol.